The second-order valence-electron chi connectivity index (χ2n) is 5.03. The molecule has 1 aliphatic rings. The van der Waals surface area contributed by atoms with Crippen molar-refractivity contribution < 1.29 is 9.90 Å². The number of nitrogens with one attached hydrogen (secondary N) is 1. The standard InChI is InChI=1S/C12H14ClN5O2/c13-9-5-10(14-6-9)11(19)17-3-1-12(20,7-17)8-18-4-2-15-16-18/h2,4-6,14,20H,1,3,7-8H2. The number of aromatic amines is 1. The molecule has 20 heavy (non-hydrogen) atoms. The Morgan fingerprint density at radius 1 is 1.60 bits per heavy atom. The molecule has 1 fully saturated rings. The Labute approximate surface area is 120 Å². The third-order valence-corrected chi connectivity index (χ3v) is 3.64. The summed E-state index contributed by atoms with van der Waals surface area (Å²) >= 11 is 5.79. The Bertz CT molecular complexity index is 611. The lowest BCUT2D eigenvalue weighted by molar-refractivity contribution is 0.0266. The topological polar surface area (TPSA) is 87.0 Å². The summed E-state index contributed by atoms with van der Waals surface area (Å²) in [5.74, 6) is -0.161. The van der Waals surface area contributed by atoms with Crippen molar-refractivity contribution >= 4 is 17.5 Å². The van der Waals surface area contributed by atoms with Crippen molar-refractivity contribution in [1.82, 2.24) is 24.9 Å². The van der Waals surface area contributed by atoms with E-state index in [1.807, 2.05) is 0 Å². The van der Waals surface area contributed by atoms with Crippen LogP contribution in [0.3, 0.4) is 0 Å². The molecular weight excluding hydrogens is 282 g/mol. The smallest absolute Gasteiger partial charge is 0.270 e. The van der Waals surface area contributed by atoms with Crippen LogP contribution < -0.4 is 0 Å². The first-order valence-corrected chi connectivity index (χ1v) is 6.63. The molecule has 0 aromatic carbocycles. The second-order valence-corrected chi connectivity index (χ2v) is 5.47. The van der Waals surface area contributed by atoms with Crippen molar-refractivity contribution in [3.05, 3.63) is 35.4 Å². The zero-order valence-corrected chi connectivity index (χ0v) is 11.4. The third kappa shape index (κ3) is 2.54. The SMILES string of the molecule is O=C(c1cc(Cl)c[nH]1)N1CCC(O)(Cn2ccnn2)C1. The molecule has 1 atom stereocenters. The van der Waals surface area contributed by atoms with Crippen LogP contribution >= 0.6 is 11.6 Å². The maximum absolute atomic E-state index is 12.2. The Morgan fingerprint density at radius 3 is 3.10 bits per heavy atom. The predicted octanol–water partition coefficient (Wildman–Crippen LogP) is 0.537. The van der Waals surface area contributed by atoms with Crippen LogP contribution in [0.25, 0.3) is 0 Å². The maximum atomic E-state index is 12.2. The van der Waals surface area contributed by atoms with Crippen LogP contribution in [-0.2, 0) is 6.54 Å². The van der Waals surface area contributed by atoms with E-state index in [0.29, 0.717) is 30.2 Å². The average molecular weight is 296 g/mol. The van der Waals surface area contributed by atoms with E-state index in [1.54, 1.807) is 34.2 Å². The molecule has 106 valence electrons. The first kappa shape index (κ1) is 13.1. The number of hydrogen-bond acceptors (Lipinski definition) is 4. The molecule has 7 nitrogen and oxygen atoms in total. The predicted molar refractivity (Wildman–Crippen MR) is 71.3 cm³/mol. The highest BCUT2D eigenvalue weighted by Crippen LogP contribution is 2.24. The highest BCUT2D eigenvalue weighted by Gasteiger charge is 2.39. The maximum Gasteiger partial charge on any atom is 0.270 e. The summed E-state index contributed by atoms with van der Waals surface area (Å²) in [6, 6.07) is 1.58. The Hall–Kier alpha value is -1.86. The number of hydrogen-bond donors (Lipinski definition) is 2. The van der Waals surface area contributed by atoms with E-state index in [0.717, 1.165) is 0 Å². The number of likely N-dealkylation sites (tertiary alicyclic amines) is 1. The fourth-order valence-electron chi connectivity index (χ4n) is 2.44. The van der Waals surface area contributed by atoms with Gasteiger partial charge in [0.1, 0.15) is 11.3 Å². The number of aromatic nitrogens is 4. The lowest BCUT2D eigenvalue weighted by Gasteiger charge is -2.22. The number of carbonyl (C=O) groups is 1. The highest BCUT2D eigenvalue weighted by molar-refractivity contribution is 6.30. The molecule has 1 unspecified atom stereocenters. The summed E-state index contributed by atoms with van der Waals surface area (Å²) in [5, 5.41) is 18.5. The zero-order valence-electron chi connectivity index (χ0n) is 10.7. The molecule has 1 amide bonds. The van der Waals surface area contributed by atoms with Gasteiger partial charge in [-0.2, -0.15) is 0 Å². The summed E-state index contributed by atoms with van der Waals surface area (Å²) in [4.78, 5) is 16.7. The summed E-state index contributed by atoms with van der Waals surface area (Å²) < 4.78 is 1.57. The van der Waals surface area contributed by atoms with Crippen LogP contribution in [0.5, 0.6) is 0 Å². The molecule has 3 heterocycles. The number of carbonyl (C=O) groups excluding carboxylic acids is 1. The van der Waals surface area contributed by atoms with E-state index in [2.05, 4.69) is 15.3 Å². The summed E-state index contributed by atoms with van der Waals surface area (Å²) in [7, 11) is 0. The van der Waals surface area contributed by atoms with E-state index in [-0.39, 0.29) is 12.5 Å². The van der Waals surface area contributed by atoms with Gasteiger partial charge in [-0.15, -0.1) is 5.10 Å². The van der Waals surface area contributed by atoms with Gasteiger partial charge in [-0.25, -0.2) is 4.68 Å². The van der Waals surface area contributed by atoms with Gasteiger partial charge in [0.05, 0.1) is 24.3 Å². The van der Waals surface area contributed by atoms with Gasteiger partial charge in [-0.3, -0.25) is 4.79 Å². The largest absolute Gasteiger partial charge is 0.386 e. The summed E-state index contributed by atoms with van der Waals surface area (Å²) in [6.07, 6.45) is 5.31. The number of aliphatic hydroxyl groups is 1. The Morgan fingerprint density at radius 2 is 2.45 bits per heavy atom. The van der Waals surface area contributed by atoms with E-state index in [9.17, 15) is 9.90 Å². The molecular formula is C12H14ClN5O2. The van der Waals surface area contributed by atoms with Crippen LogP contribution in [0.4, 0.5) is 0 Å². The molecule has 2 aromatic rings. The van der Waals surface area contributed by atoms with Crippen LogP contribution in [-0.4, -0.2) is 54.6 Å². The Kier molecular flexibility index (Phi) is 3.23. The fraction of sp³-hybridized carbons (Fsp3) is 0.417. The van der Waals surface area contributed by atoms with Gasteiger partial charge in [0.15, 0.2) is 0 Å². The van der Waals surface area contributed by atoms with Crippen LogP contribution in [0.1, 0.15) is 16.9 Å². The van der Waals surface area contributed by atoms with E-state index < -0.39 is 5.60 Å². The Balaban J connectivity index is 1.68. The van der Waals surface area contributed by atoms with E-state index >= 15 is 0 Å². The minimum Gasteiger partial charge on any atom is -0.386 e. The monoisotopic (exact) mass is 295 g/mol. The van der Waals surface area contributed by atoms with Gasteiger partial charge < -0.3 is 15.0 Å². The van der Waals surface area contributed by atoms with Crippen molar-refractivity contribution in [2.75, 3.05) is 13.1 Å². The minimum atomic E-state index is -0.972. The van der Waals surface area contributed by atoms with Crippen molar-refractivity contribution in [3.8, 4) is 0 Å². The summed E-state index contributed by atoms with van der Waals surface area (Å²) in [5.41, 5.74) is -0.542. The van der Waals surface area contributed by atoms with Gasteiger partial charge in [-0.05, 0) is 12.5 Å². The summed E-state index contributed by atoms with van der Waals surface area (Å²) in [6.45, 7) is 1.09. The molecule has 8 heteroatoms. The molecule has 1 aliphatic heterocycles. The molecule has 0 bridgehead atoms. The molecule has 3 rings (SSSR count). The van der Waals surface area contributed by atoms with Crippen molar-refractivity contribution in [2.24, 2.45) is 0 Å². The van der Waals surface area contributed by atoms with Crippen LogP contribution in [0.2, 0.25) is 5.02 Å². The van der Waals surface area contributed by atoms with Crippen LogP contribution in [0.15, 0.2) is 24.7 Å². The number of rotatable bonds is 3. The third-order valence-electron chi connectivity index (χ3n) is 3.43. The lowest BCUT2D eigenvalue weighted by Crippen LogP contribution is -2.39. The molecule has 0 saturated carbocycles. The number of amides is 1. The average Bonchev–Trinajstić information content (AvgIpc) is 3.11. The van der Waals surface area contributed by atoms with Gasteiger partial charge in [0.25, 0.3) is 5.91 Å². The fourth-order valence-corrected chi connectivity index (χ4v) is 2.60. The molecule has 0 spiro atoms. The molecule has 1 saturated heterocycles. The first-order valence-electron chi connectivity index (χ1n) is 6.25. The van der Waals surface area contributed by atoms with Gasteiger partial charge in [-0.1, -0.05) is 16.8 Å². The van der Waals surface area contributed by atoms with Gasteiger partial charge in [0.2, 0.25) is 0 Å². The van der Waals surface area contributed by atoms with Crippen molar-refractivity contribution in [1.29, 1.82) is 0 Å². The number of nitrogens with zero attached hydrogens (tertiary/aromatic N) is 4. The molecule has 0 aliphatic carbocycles. The molecule has 2 N–H and O–H groups in total. The minimum absolute atomic E-state index is 0.161. The molecule has 2 aromatic heterocycles. The lowest BCUT2D eigenvalue weighted by atomic mass is 10.0. The van der Waals surface area contributed by atoms with Crippen molar-refractivity contribution in [3.63, 3.8) is 0 Å². The number of β-amino-alcohol motifs (C(OH)–C–C–N with tert-alkyl or cyclic N) is 1. The molecule has 0 radical (unpaired) electrons. The first-order chi connectivity index (χ1) is 9.56. The number of halogens is 1. The van der Waals surface area contributed by atoms with Gasteiger partial charge >= 0.3 is 0 Å². The normalized spacial score (nSPS) is 22.4. The van der Waals surface area contributed by atoms with Crippen molar-refractivity contribution in [2.45, 2.75) is 18.6 Å². The van der Waals surface area contributed by atoms with Crippen LogP contribution in [0, 0.1) is 0 Å². The quantitative estimate of drug-likeness (QED) is 0.865. The van der Waals surface area contributed by atoms with Gasteiger partial charge in [0, 0.05) is 18.9 Å². The van der Waals surface area contributed by atoms with E-state index in [4.69, 9.17) is 11.6 Å². The zero-order chi connectivity index (χ0) is 14.2. The number of H-pyrrole nitrogens is 1. The highest BCUT2D eigenvalue weighted by atomic mass is 35.5. The van der Waals surface area contributed by atoms with E-state index in [1.165, 1.54) is 0 Å². The second kappa shape index (κ2) is 4.92.